The summed E-state index contributed by atoms with van der Waals surface area (Å²) in [5.41, 5.74) is 1.50. The Bertz CT molecular complexity index is 125. The van der Waals surface area contributed by atoms with Crippen molar-refractivity contribution in [3.05, 3.63) is 0 Å². The van der Waals surface area contributed by atoms with Gasteiger partial charge < -0.3 is 4.74 Å². The highest BCUT2D eigenvalue weighted by molar-refractivity contribution is 5.75. The molecule has 0 saturated carbocycles. The van der Waals surface area contributed by atoms with E-state index in [4.69, 9.17) is 9.94 Å². The number of hydroxylamine groups is 1. The Kier molecular flexibility index (Phi) is 4.81. The molecule has 0 aromatic carbocycles. The zero-order valence-electron chi connectivity index (χ0n) is 7.13. The Labute approximate surface area is 66.5 Å². The van der Waals surface area contributed by atoms with Crippen molar-refractivity contribution in [2.24, 2.45) is 5.92 Å². The summed E-state index contributed by atoms with van der Waals surface area (Å²) in [5.74, 6) is -0.140. The fourth-order valence-electron chi connectivity index (χ4n) is 0.432. The highest BCUT2D eigenvalue weighted by Crippen LogP contribution is 2.03. The Morgan fingerprint density at radius 3 is 2.45 bits per heavy atom. The predicted octanol–water partition coefficient (Wildman–Crippen LogP) is 0.553. The average Bonchev–Trinajstić information content (AvgIpc) is 1.99. The van der Waals surface area contributed by atoms with Crippen molar-refractivity contribution in [2.75, 3.05) is 6.61 Å². The van der Waals surface area contributed by atoms with E-state index in [9.17, 15) is 4.79 Å². The SMILES string of the molecule is CC(C)C(C)OCC(=O)NO. The third-order valence-corrected chi connectivity index (χ3v) is 1.54. The van der Waals surface area contributed by atoms with Gasteiger partial charge in [-0.05, 0) is 12.8 Å². The van der Waals surface area contributed by atoms with Gasteiger partial charge >= 0.3 is 0 Å². The first-order chi connectivity index (χ1) is 5.07. The van der Waals surface area contributed by atoms with E-state index in [2.05, 4.69) is 0 Å². The van der Waals surface area contributed by atoms with E-state index < -0.39 is 5.91 Å². The third-order valence-electron chi connectivity index (χ3n) is 1.54. The molecule has 1 atom stereocenters. The van der Waals surface area contributed by atoms with Crippen molar-refractivity contribution in [1.29, 1.82) is 0 Å². The quantitative estimate of drug-likeness (QED) is 0.467. The molecule has 0 fully saturated rings. The van der Waals surface area contributed by atoms with Crippen LogP contribution in [0.4, 0.5) is 0 Å². The molecule has 0 spiro atoms. The minimum absolute atomic E-state index is 0.0345. The normalized spacial score (nSPS) is 13.2. The van der Waals surface area contributed by atoms with Crippen molar-refractivity contribution >= 4 is 5.91 Å². The van der Waals surface area contributed by atoms with Crippen LogP contribution in [0.5, 0.6) is 0 Å². The smallest absolute Gasteiger partial charge is 0.269 e. The van der Waals surface area contributed by atoms with Gasteiger partial charge in [-0.1, -0.05) is 13.8 Å². The molecule has 0 rings (SSSR count). The minimum Gasteiger partial charge on any atom is -0.368 e. The van der Waals surface area contributed by atoms with Gasteiger partial charge in [-0.15, -0.1) is 0 Å². The Balaban J connectivity index is 3.45. The molecule has 0 heterocycles. The summed E-state index contributed by atoms with van der Waals surface area (Å²) in [5, 5.41) is 8.11. The van der Waals surface area contributed by atoms with Crippen LogP contribution in [-0.2, 0) is 9.53 Å². The molecule has 0 aliphatic carbocycles. The van der Waals surface area contributed by atoms with Crippen molar-refractivity contribution < 1.29 is 14.7 Å². The second-order valence-electron chi connectivity index (χ2n) is 2.80. The van der Waals surface area contributed by atoms with Gasteiger partial charge in [-0.2, -0.15) is 0 Å². The summed E-state index contributed by atoms with van der Waals surface area (Å²) < 4.78 is 5.08. The van der Waals surface area contributed by atoms with Crippen LogP contribution in [0.1, 0.15) is 20.8 Å². The van der Waals surface area contributed by atoms with E-state index in [0.29, 0.717) is 5.92 Å². The zero-order chi connectivity index (χ0) is 8.85. The fourth-order valence-corrected chi connectivity index (χ4v) is 0.432. The zero-order valence-corrected chi connectivity index (χ0v) is 7.13. The van der Waals surface area contributed by atoms with E-state index in [1.54, 1.807) is 0 Å². The van der Waals surface area contributed by atoms with Gasteiger partial charge in [-0.3, -0.25) is 10.0 Å². The number of carbonyl (C=O) groups excluding carboxylic acids is 1. The average molecular weight is 161 g/mol. The topological polar surface area (TPSA) is 58.6 Å². The second kappa shape index (κ2) is 5.09. The molecule has 0 aromatic rings. The van der Waals surface area contributed by atoms with E-state index in [-0.39, 0.29) is 12.7 Å². The molecular formula is C7H15NO3. The molecule has 0 aliphatic rings. The first kappa shape index (κ1) is 10.4. The number of rotatable bonds is 4. The van der Waals surface area contributed by atoms with E-state index in [1.165, 1.54) is 5.48 Å². The molecule has 0 saturated heterocycles. The highest BCUT2D eigenvalue weighted by Gasteiger charge is 2.08. The molecule has 0 aromatic heterocycles. The van der Waals surface area contributed by atoms with Crippen LogP contribution in [0.2, 0.25) is 0 Å². The molecule has 0 bridgehead atoms. The molecular weight excluding hydrogens is 146 g/mol. The van der Waals surface area contributed by atoms with Crippen molar-refractivity contribution in [3.63, 3.8) is 0 Å². The van der Waals surface area contributed by atoms with Gasteiger partial charge in [0.1, 0.15) is 6.61 Å². The van der Waals surface area contributed by atoms with E-state index in [0.717, 1.165) is 0 Å². The Morgan fingerprint density at radius 1 is 1.55 bits per heavy atom. The molecule has 0 aliphatic heterocycles. The predicted molar refractivity (Wildman–Crippen MR) is 40.2 cm³/mol. The lowest BCUT2D eigenvalue weighted by Gasteiger charge is -2.15. The molecule has 2 N–H and O–H groups in total. The molecule has 4 nitrogen and oxygen atoms in total. The van der Waals surface area contributed by atoms with Crippen LogP contribution in [-0.4, -0.2) is 23.8 Å². The molecule has 66 valence electrons. The van der Waals surface area contributed by atoms with Gasteiger partial charge in [0.25, 0.3) is 5.91 Å². The van der Waals surface area contributed by atoms with Gasteiger partial charge in [0.2, 0.25) is 0 Å². The molecule has 0 radical (unpaired) electrons. The minimum atomic E-state index is -0.516. The maximum Gasteiger partial charge on any atom is 0.269 e. The number of nitrogens with one attached hydrogen (secondary N) is 1. The second-order valence-corrected chi connectivity index (χ2v) is 2.80. The summed E-state index contributed by atoms with van der Waals surface area (Å²) in [4.78, 5) is 10.5. The monoisotopic (exact) mass is 161 g/mol. The summed E-state index contributed by atoms with van der Waals surface area (Å²) >= 11 is 0. The maximum absolute atomic E-state index is 10.5. The number of hydrogen-bond donors (Lipinski definition) is 2. The Morgan fingerprint density at radius 2 is 2.09 bits per heavy atom. The van der Waals surface area contributed by atoms with Crippen molar-refractivity contribution in [2.45, 2.75) is 26.9 Å². The first-order valence-electron chi connectivity index (χ1n) is 3.62. The molecule has 11 heavy (non-hydrogen) atoms. The van der Waals surface area contributed by atoms with Gasteiger partial charge in [-0.25, -0.2) is 5.48 Å². The van der Waals surface area contributed by atoms with E-state index >= 15 is 0 Å². The molecule has 4 heteroatoms. The van der Waals surface area contributed by atoms with Crippen LogP contribution in [0, 0.1) is 5.92 Å². The largest absolute Gasteiger partial charge is 0.368 e. The van der Waals surface area contributed by atoms with Crippen LogP contribution in [0.3, 0.4) is 0 Å². The van der Waals surface area contributed by atoms with Gasteiger partial charge in [0.15, 0.2) is 0 Å². The lowest BCUT2D eigenvalue weighted by Crippen LogP contribution is -2.27. The van der Waals surface area contributed by atoms with Crippen LogP contribution in [0.25, 0.3) is 0 Å². The lowest BCUT2D eigenvalue weighted by atomic mass is 10.1. The fraction of sp³-hybridized carbons (Fsp3) is 0.857. The molecule has 1 amide bonds. The molecule has 1 unspecified atom stereocenters. The standard InChI is InChI=1S/C7H15NO3/c1-5(2)6(3)11-4-7(9)8-10/h5-6,10H,4H2,1-3H3,(H,8,9). The Hall–Kier alpha value is -0.610. The van der Waals surface area contributed by atoms with Crippen LogP contribution >= 0.6 is 0 Å². The third kappa shape index (κ3) is 4.75. The van der Waals surface area contributed by atoms with Crippen molar-refractivity contribution in [3.8, 4) is 0 Å². The number of hydrogen-bond acceptors (Lipinski definition) is 3. The lowest BCUT2D eigenvalue weighted by molar-refractivity contribution is -0.136. The summed E-state index contributed by atoms with van der Waals surface area (Å²) in [6.07, 6.45) is 0.0345. The summed E-state index contributed by atoms with van der Waals surface area (Å²) in [6, 6.07) is 0. The number of amides is 1. The summed E-state index contributed by atoms with van der Waals surface area (Å²) in [7, 11) is 0. The maximum atomic E-state index is 10.5. The van der Waals surface area contributed by atoms with Crippen LogP contribution in [0.15, 0.2) is 0 Å². The number of carbonyl (C=O) groups is 1. The summed E-state index contributed by atoms with van der Waals surface area (Å²) in [6.45, 7) is 5.80. The number of ether oxygens (including phenoxy) is 1. The highest BCUT2D eigenvalue weighted by atomic mass is 16.5. The van der Waals surface area contributed by atoms with Gasteiger partial charge in [0.05, 0.1) is 6.10 Å². The van der Waals surface area contributed by atoms with Crippen LogP contribution < -0.4 is 5.48 Å². The van der Waals surface area contributed by atoms with Crippen molar-refractivity contribution in [1.82, 2.24) is 5.48 Å². The first-order valence-corrected chi connectivity index (χ1v) is 3.62. The van der Waals surface area contributed by atoms with E-state index in [1.807, 2.05) is 20.8 Å². The van der Waals surface area contributed by atoms with Gasteiger partial charge in [0, 0.05) is 0 Å².